The number of phenolic OH excluding ortho intramolecular Hbond substituents is 1. The molecule has 0 aromatic heterocycles. The van der Waals surface area contributed by atoms with E-state index in [1.165, 1.54) is 0 Å². The van der Waals surface area contributed by atoms with Crippen LogP contribution in [0.25, 0.3) is 0 Å². The van der Waals surface area contributed by atoms with E-state index in [9.17, 15) is 14.7 Å². The summed E-state index contributed by atoms with van der Waals surface area (Å²) in [7, 11) is 0. The summed E-state index contributed by atoms with van der Waals surface area (Å²) in [5.74, 6) is -0.285. The molecule has 5 nitrogen and oxygen atoms in total. The van der Waals surface area contributed by atoms with Crippen LogP contribution in [0, 0.1) is 0 Å². The van der Waals surface area contributed by atoms with Crippen molar-refractivity contribution in [1.82, 2.24) is 10.6 Å². The summed E-state index contributed by atoms with van der Waals surface area (Å²) in [6, 6.07) is 25.4. The van der Waals surface area contributed by atoms with Crippen LogP contribution in [-0.4, -0.2) is 29.5 Å². The standard InChI is InChI=1S/C25H26N2O3/c28-22-13-11-21(12-14-22)18-24(29)27-23(17-20-9-5-2-6-10-20)25(30)26-16-15-19-7-3-1-4-8-19/h1-14,23,28H,15-18H2,(H,26,30)(H,27,29). The van der Waals surface area contributed by atoms with Gasteiger partial charge < -0.3 is 15.7 Å². The predicted octanol–water partition coefficient (Wildman–Crippen LogP) is 3.02. The van der Waals surface area contributed by atoms with Gasteiger partial charge >= 0.3 is 0 Å². The second-order valence-corrected chi connectivity index (χ2v) is 7.18. The van der Waals surface area contributed by atoms with E-state index in [4.69, 9.17) is 0 Å². The van der Waals surface area contributed by atoms with Gasteiger partial charge in [0.25, 0.3) is 0 Å². The lowest BCUT2D eigenvalue weighted by Crippen LogP contribution is -2.48. The molecule has 0 saturated heterocycles. The van der Waals surface area contributed by atoms with Crippen molar-refractivity contribution in [3.8, 4) is 5.75 Å². The monoisotopic (exact) mass is 402 g/mol. The summed E-state index contributed by atoms with van der Waals surface area (Å²) >= 11 is 0. The highest BCUT2D eigenvalue weighted by atomic mass is 16.3. The normalized spacial score (nSPS) is 11.5. The van der Waals surface area contributed by atoms with Crippen molar-refractivity contribution >= 4 is 11.8 Å². The molecular weight excluding hydrogens is 376 g/mol. The molecule has 0 aliphatic heterocycles. The van der Waals surface area contributed by atoms with E-state index < -0.39 is 6.04 Å². The summed E-state index contributed by atoms with van der Waals surface area (Å²) in [5, 5.41) is 15.2. The molecule has 1 unspecified atom stereocenters. The fourth-order valence-corrected chi connectivity index (χ4v) is 3.20. The van der Waals surface area contributed by atoms with E-state index in [1.54, 1.807) is 24.3 Å². The molecule has 0 heterocycles. The van der Waals surface area contributed by atoms with Crippen LogP contribution in [0.3, 0.4) is 0 Å². The molecule has 3 rings (SSSR count). The van der Waals surface area contributed by atoms with Crippen LogP contribution in [0.15, 0.2) is 84.9 Å². The molecule has 0 aliphatic carbocycles. The lowest BCUT2D eigenvalue weighted by Gasteiger charge is -2.19. The van der Waals surface area contributed by atoms with Crippen LogP contribution >= 0.6 is 0 Å². The SMILES string of the molecule is O=C(Cc1ccc(O)cc1)NC(Cc1ccccc1)C(=O)NCCc1ccccc1. The second-order valence-electron chi connectivity index (χ2n) is 7.18. The van der Waals surface area contributed by atoms with Gasteiger partial charge in [-0.1, -0.05) is 72.8 Å². The van der Waals surface area contributed by atoms with E-state index in [0.717, 1.165) is 23.1 Å². The smallest absolute Gasteiger partial charge is 0.242 e. The zero-order chi connectivity index (χ0) is 21.2. The van der Waals surface area contributed by atoms with Crippen molar-refractivity contribution in [2.45, 2.75) is 25.3 Å². The summed E-state index contributed by atoms with van der Waals surface area (Å²) in [4.78, 5) is 25.4. The fourth-order valence-electron chi connectivity index (χ4n) is 3.20. The van der Waals surface area contributed by atoms with Crippen molar-refractivity contribution in [1.29, 1.82) is 0 Å². The molecule has 0 aliphatic rings. The van der Waals surface area contributed by atoms with Crippen molar-refractivity contribution in [3.05, 3.63) is 102 Å². The largest absolute Gasteiger partial charge is 0.508 e. The maximum absolute atomic E-state index is 12.8. The fraction of sp³-hybridized carbons (Fsp3) is 0.200. The van der Waals surface area contributed by atoms with Gasteiger partial charge in [-0.05, 0) is 35.2 Å². The number of hydrogen-bond donors (Lipinski definition) is 3. The number of benzene rings is 3. The molecule has 3 N–H and O–H groups in total. The van der Waals surface area contributed by atoms with Crippen LogP contribution in [0.2, 0.25) is 0 Å². The van der Waals surface area contributed by atoms with Crippen LogP contribution in [0.5, 0.6) is 5.75 Å². The van der Waals surface area contributed by atoms with E-state index in [-0.39, 0.29) is 24.0 Å². The molecule has 0 bridgehead atoms. The third-order valence-corrected chi connectivity index (χ3v) is 4.79. The number of amides is 2. The third-order valence-electron chi connectivity index (χ3n) is 4.79. The van der Waals surface area contributed by atoms with Crippen LogP contribution in [-0.2, 0) is 28.9 Å². The van der Waals surface area contributed by atoms with Crippen molar-refractivity contribution in [2.75, 3.05) is 6.54 Å². The number of phenols is 1. The van der Waals surface area contributed by atoms with Gasteiger partial charge in [-0.15, -0.1) is 0 Å². The molecule has 2 amide bonds. The highest BCUT2D eigenvalue weighted by molar-refractivity contribution is 5.88. The Morgan fingerprint density at radius 2 is 1.37 bits per heavy atom. The van der Waals surface area contributed by atoms with Crippen molar-refractivity contribution < 1.29 is 14.7 Å². The molecule has 3 aromatic rings. The molecule has 0 saturated carbocycles. The van der Waals surface area contributed by atoms with Gasteiger partial charge in [0.05, 0.1) is 6.42 Å². The number of nitrogens with one attached hydrogen (secondary N) is 2. The van der Waals surface area contributed by atoms with Gasteiger partial charge in [0.2, 0.25) is 11.8 Å². The van der Waals surface area contributed by atoms with E-state index in [0.29, 0.717) is 13.0 Å². The van der Waals surface area contributed by atoms with Gasteiger partial charge in [0.15, 0.2) is 0 Å². The van der Waals surface area contributed by atoms with Crippen LogP contribution in [0.4, 0.5) is 0 Å². The Morgan fingerprint density at radius 1 is 0.767 bits per heavy atom. The average molecular weight is 402 g/mol. The quantitative estimate of drug-likeness (QED) is 0.515. The molecular formula is C25H26N2O3. The molecule has 30 heavy (non-hydrogen) atoms. The molecule has 3 aromatic carbocycles. The highest BCUT2D eigenvalue weighted by Gasteiger charge is 2.21. The Kier molecular flexibility index (Phi) is 7.61. The molecule has 154 valence electrons. The van der Waals surface area contributed by atoms with E-state index >= 15 is 0 Å². The molecule has 5 heteroatoms. The van der Waals surface area contributed by atoms with E-state index in [1.807, 2.05) is 60.7 Å². The topological polar surface area (TPSA) is 78.4 Å². The number of aromatic hydroxyl groups is 1. The molecule has 0 fully saturated rings. The number of carbonyl (C=O) groups excluding carboxylic acids is 2. The highest BCUT2D eigenvalue weighted by Crippen LogP contribution is 2.10. The van der Waals surface area contributed by atoms with Crippen LogP contribution < -0.4 is 10.6 Å². The van der Waals surface area contributed by atoms with Crippen LogP contribution in [0.1, 0.15) is 16.7 Å². The Bertz CT molecular complexity index is 941. The Hall–Kier alpha value is -3.60. The first kappa shape index (κ1) is 21.1. The number of hydrogen-bond acceptors (Lipinski definition) is 3. The third kappa shape index (κ3) is 6.78. The number of carbonyl (C=O) groups is 2. The van der Waals surface area contributed by atoms with Gasteiger partial charge in [0.1, 0.15) is 11.8 Å². The Morgan fingerprint density at radius 3 is 2.00 bits per heavy atom. The second kappa shape index (κ2) is 10.8. The first-order valence-electron chi connectivity index (χ1n) is 10.0. The zero-order valence-electron chi connectivity index (χ0n) is 16.8. The van der Waals surface area contributed by atoms with Crippen molar-refractivity contribution in [3.63, 3.8) is 0 Å². The minimum absolute atomic E-state index is 0.142. The lowest BCUT2D eigenvalue weighted by atomic mass is 10.0. The van der Waals surface area contributed by atoms with Gasteiger partial charge in [0, 0.05) is 13.0 Å². The summed E-state index contributed by atoms with van der Waals surface area (Å²) in [5.41, 5.74) is 2.90. The van der Waals surface area contributed by atoms with Gasteiger partial charge in [-0.3, -0.25) is 9.59 Å². The maximum atomic E-state index is 12.8. The molecule has 1 atom stereocenters. The number of rotatable bonds is 9. The zero-order valence-corrected chi connectivity index (χ0v) is 16.8. The molecule has 0 spiro atoms. The maximum Gasteiger partial charge on any atom is 0.242 e. The Balaban J connectivity index is 1.60. The summed E-state index contributed by atoms with van der Waals surface area (Å²) < 4.78 is 0. The molecule has 0 radical (unpaired) electrons. The minimum Gasteiger partial charge on any atom is -0.508 e. The summed E-state index contributed by atoms with van der Waals surface area (Å²) in [6.45, 7) is 0.502. The van der Waals surface area contributed by atoms with E-state index in [2.05, 4.69) is 10.6 Å². The summed E-state index contributed by atoms with van der Waals surface area (Å²) in [6.07, 6.45) is 1.29. The van der Waals surface area contributed by atoms with Gasteiger partial charge in [-0.2, -0.15) is 0 Å². The minimum atomic E-state index is -0.659. The first-order valence-corrected chi connectivity index (χ1v) is 10.0. The average Bonchev–Trinajstić information content (AvgIpc) is 2.76. The Labute approximate surface area is 176 Å². The first-order chi connectivity index (χ1) is 14.6. The van der Waals surface area contributed by atoms with Gasteiger partial charge in [-0.25, -0.2) is 0 Å². The predicted molar refractivity (Wildman–Crippen MR) is 117 cm³/mol. The van der Waals surface area contributed by atoms with Crippen molar-refractivity contribution in [2.24, 2.45) is 0 Å². The lowest BCUT2D eigenvalue weighted by molar-refractivity contribution is -0.128.